The zero-order chi connectivity index (χ0) is 20.7. The van der Waals surface area contributed by atoms with Crippen LogP contribution in [0.25, 0.3) is 27.9 Å². The molecular weight excluding hydrogens is 419 g/mol. The molecule has 1 saturated carbocycles. The molecule has 0 radical (unpaired) electrons. The first kappa shape index (κ1) is 19.2. The zero-order valence-corrected chi connectivity index (χ0v) is 17.6. The first-order chi connectivity index (χ1) is 14.6. The average molecular weight is 437 g/mol. The van der Waals surface area contributed by atoms with E-state index in [9.17, 15) is 4.79 Å². The minimum Gasteiger partial charge on any atom is -0.265 e. The molecule has 1 aliphatic rings. The van der Waals surface area contributed by atoms with Crippen molar-refractivity contribution in [3.8, 4) is 22.3 Å². The number of benzene rings is 2. The highest BCUT2D eigenvalue weighted by molar-refractivity contribution is 6.31. The summed E-state index contributed by atoms with van der Waals surface area (Å²) in [6.45, 7) is 0. The number of nitrogens with zero attached hydrogens (tertiary/aromatic N) is 4. The van der Waals surface area contributed by atoms with Crippen LogP contribution in [0.3, 0.4) is 0 Å². The van der Waals surface area contributed by atoms with Crippen LogP contribution < -0.4 is 5.56 Å². The van der Waals surface area contributed by atoms with Crippen molar-refractivity contribution in [2.24, 2.45) is 0 Å². The third-order valence-electron chi connectivity index (χ3n) is 5.69. The molecule has 4 aromatic rings. The number of fused-ring (bicyclic) bond motifs is 1. The molecular formula is C23H18Cl2N4O. The van der Waals surface area contributed by atoms with Crippen molar-refractivity contribution in [3.05, 3.63) is 80.8 Å². The van der Waals surface area contributed by atoms with E-state index in [1.54, 1.807) is 6.20 Å². The van der Waals surface area contributed by atoms with Crippen molar-refractivity contribution in [2.45, 2.75) is 31.6 Å². The van der Waals surface area contributed by atoms with Gasteiger partial charge >= 0.3 is 0 Å². The second-order valence-electron chi connectivity index (χ2n) is 7.55. The normalized spacial score (nSPS) is 14.5. The molecule has 0 bridgehead atoms. The predicted molar refractivity (Wildman–Crippen MR) is 119 cm³/mol. The van der Waals surface area contributed by atoms with Gasteiger partial charge < -0.3 is 0 Å². The molecule has 5 rings (SSSR count). The van der Waals surface area contributed by atoms with Gasteiger partial charge in [0.2, 0.25) is 0 Å². The quantitative estimate of drug-likeness (QED) is 0.408. The number of hydrogen-bond donors (Lipinski definition) is 0. The van der Waals surface area contributed by atoms with E-state index in [1.165, 1.54) is 4.52 Å². The lowest BCUT2D eigenvalue weighted by Crippen LogP contribution is -2.26. The lowest BCUT2D eigenvalue weighted by Gasteiger charge is -2.14. The van der Waals surface area contributed by atoms with Crippen LogP contribution in [-0.4, -0.2) is 19.8 Å². The Hall–Kier alpha value is -2.76. The van der Waals surface area contributed by atoms with Crippen LogP contribution in [0.15, 0.2) is 59.5 Å². The summed E-state index contributed by atoms with van der Waals surface area (Å²) in [5, 5.41) is 14.6. The molecule has 0 saturated heterocycles. The van der Waals surface area contributed by atoms with E-state index in [0.29, 0.717) is 21.4 Å². The smallest absolute Gasteiger partial charge is 0.265 e. The largest absolute Gasteiger partial charge is 0.296 e. The van der Waals surface area contributed by atoms with Gasteiger partial charge in [0, 0.05) is 27.1 Å². The Morgan fingerprint density at radius 3 is 2.07 bits per heavy atom. The molecule has 0 amide bonds. The fourth-order valence-corrected chi connectivity index (χ4v) is 4.41. The van der Waals surface area contributed by atoms with Gasteiger partial charge in [0.15, 0.2) is 5.65 Å². The Morgan fingerprint density at radius 2 is 1.43 bits per heavy atom. The molecule has 0 N–H and O–H groups in total. The van der Waals surface area contributed by atoms with Crippen molar-refractivity contribution < 1.29 is 0 Å². The van der Waals surface area contributed by atoms with Crippen molar-refractivity contribution in [1.82, 2.24) is 19.8 Å². The van der Waals surface area contributed by atoms with Crippen LogP contribution in [0.2, 0.25) is 10.0 Å². The van der Waals surface area contributed by atoms with Gasteiger partial charge in [-0.15, -0.1) is 10.2 Å². The Kier molecular flexibility index (Phi) is 5.01. The fraction of sp³-hybridized carbons (Fsp3) is 0.217. The van der Waals surface area contributed by atoms with Crippen LogP contribution in [0, 0.1) is 0 Å². The van der Waals surface area contributed by atoms with E-state index >= 15 is 0 Å². The first-order valence-electron chi connectivity index (χ1n) is 9.92. The molecule has 0 aliphatic heterocycles. The third-order valence-corrected chi connectivity index (χ3v) is 6.19. The second kappa shape index (κ2) is 7.82. The molecule has 2 aromatic heterocycles. The van der Waals surface area contributed by atoms with Gasteiger partial charge in [0.05, 0.1) is 6.20 Å². The van der Waals surface area contributed by atoms with Crippen LogP contribution in [0.1, 0.15) is 37.3 Å². The van der Waals surface area contributed by atoms with Gasteiger partial charge in [-0.2, -0.15) is 9.61 Å². The maximum Gasteiger partial charge on any atom is 0.296 e. The summed E-state index contributed by atoms with van der Waals surface area (Å²) in [4.78, 5) is 13.2. The van der Waals surface area contributed by atoms with E-state index in [-0.39, 0.29) is 11.5 Å². The summed E-state index contributed by atoms with van der Waals surface area (Å²) >= 11 is 12.2. The van der Waals surface area contributed by atoms with Crippen molar-refractivity contribution >= 4 is 28.8 Å². The fourth-order valence-electron chi connectivity index (χ4n) is 4.16. The van der Waals surface area contributed by atoms with E-state index in [2.05, 4.69) is 15.3 Å². The number of rotatable bonds is 3. The minimum absolute atomic E-state index is 0.165. The van der Waals surface area contributed by atoms with Gasteiger partial charge in [0.25, 0.3) is 5.56 Å². The van der Waals surface area contributed by atoms with E-state index < -0.39 is 0 Å². The molecule has 150 valence electrons. The Morgan fingerprint density at radius 1 is 0.833 bits per heavy atom. The van der Waals surface area contributed by atoms with Gasteiger partial charge in [0.1, 0.15) is 5.69 Å². The molecule has 7 heteroatoms. The zero-order valence-electron chi connectivity index (χ0n) is 16.1. The highest BCUT2D eigenvalue weighted by Crippen LogP contribution is 2.35. The maximum absolute atomic E-state index is 13.2. The van der Waals surface area contributed by atoms with E-state index in [1.807, 2.05) is 48.5 Å². The van der Waals surface area contributed by atoms with Gasteiger partial charge in [-0.25, -0.2) is 0 Å². The SMILES string of the molecule is O=c1c(C2CCCC2)nnc2c(-c3ccc(Cl)cc3)c(-c3ccc(Cl)cc3)cnn12. The summed E-state index contributed by atoms with van der Waals surface area (Å²) in [7, 11) is 0. The number of aromatic nitrogens is 4. The van der Waals surface area contributed by atoms with Gasteiger partial charge in [-0.05, 0) is 48.2 Å². The molecule has 0 atom stereocenters. The molecule has 30 heavy (non-hydrogen) atoms. The molecule has 0 unspecified atom stereocenters. The molecule has 2 heterocycles. The van der Waals surface area contributed by atoms with Crippen molar-refractivity contribution in [2.75, 3.05) is 0 Å². The standard InChI is InChI=1S/C23H18Cl2N4O/c24-17-9-5-14(6-10-17)19-13-26-29-22(20(19)15-7-11-18(25)12-8-15)28-27-21(23(29)30)16-3-1-2-4-16/h5-13,16H,1-4H2. The highest BCUT2D eigenvalue weighted by atomic mass is 35.5. The van der Waals surface area contributed by atoms with E-state index in [4.69, 9.17) is 23.2 Å². The average Bonchev–Trinajstić information content (AvgIpc) is 3.29. The number of hydrogen-bond acceptors (Lipinski definition) is 4. The summed E-state index contributed by atoms with van der Waals surface area (Å²) < 4.78 is 1.38. The monoisotopic (exact) mass is 436 g/mol. The van der Waals surface area contributed by atoms with Crippen LogP contribution >= 0.6 is 23.2 Å². The molecule has 1 aliphatic carbocycles. The Bertz CT molecular complexity index is 1280. The summed E-state index contributed by atoms with van der Waals surface area (Å²) in [6.07, 6.45) is 5.90. The molecule has 1 fully saturated rings. The third kappa shape index (κ3) is 3.38. The first-order valence-corrected chi connectivity index (χ1v) is 10.7. The van der Waals surface area contributed by atoms with E-state index in [0.717, 1.165) is 47.9 Å². The Balaban J connectivity index is 1.78. The van der Waals surface area contributed by atoms with Crippen LogP contribution in [0.5, 0.6) is 0 Å². The van der Waals surface area contributed by atoms with Gasteiger partial charge in [-0.1, -0.05) is 60.3 Å². The number of halogens is 2. The summed E-state index contributed by atoms with van der Waals surface area (Å²) in [5.74, 6) is 0.165. The maximum atomic E-state index is 13.2. The topological polar surface area (TPSA) is 60.2 Å². The summed E-state index contributed by atoms with van der Waals surface area (Å²) in [5.41, 5.74) is 4.18. The molecule has 5 nitrogen and oxygen atoms in total. The predicted octanol–water partition coefficient (Wildman–Crippen LogP) is 5.78. The molecule has 2 aromatic carbocycles. The lowest BCUT2D eigenvalue weighted by molar-refractivity contribution is 0.649. The summed E-state index contributed by atoms with van der Waals surface area (Å²) in [6, 6.07) is 15.0. The second-order valence-corrected chi connectivity index (χ2v) is 8.43. The lowest BCUT2D eigenvalue weighted by atomic mass is 9.97. The van der Waals surface area contributed by atoms with Crippen molar-refractivity contribution in [3.63, 3.8) is 0 Å². The van der Waals surface area contributed by atoms with Crippen LogP contribution in [0.4, 0.5) is 0 Å². The van der Waals surface area contributed by atoms with Gasteiger partial charge in [-0.3, -0.25) is 4.79 Å². The Labute approximate surface area is 183 Å². The van der Waals surface area contributed by atoms with Crippen molar-refractivity contribution in [1.29, 1.82) is 0 Å². The molecule has 0 spiro atoms. The van der Waals surface area contributed by atoms with Crippen LogP contribution in [-0.2, 0) is 0 Å². The highest BCUT2D eigenvalue weighted by Gasteiger charge is 2.24. The minimum atomic E-state index is -0.190.